The van der Waals surface area contributed by atoms with Gasteiger partial charge in [0.1, 0.15) is 5.69 Å². The molecule has 102 valence electrons. The van der Waals surface area contributed by atoms with Crippen LogP contribution in [0.15, 0.2) is 12.3 Å². The van der Waals surface area contributed by atoms with Crippen molar-refractivity contribution in [3.8, 4) is 0 Å². The Morgan fingerprint density at radius 3 is 2.61 bits per heavy atom. The van der Waals surface area contributed by atoms with Crippen molar-refractivity contribution in [3.05, 3.63) is 18.0 Å². The first-order valence-electron chi connectivity index (χ1n) is 6.38. The lowest BCUT2D eigenvalue weighted by Crippen LogP contribution is -2.33. The fraction of sp³-hybridized carbons (Fsp3) is 0.692. The van der Waals surface area contributed by atoms with Crippen LogP contribution in [0, 0.1) is 5.92 Å². The molecule has 0 aliphatic rings. The number of carbonyl (C=O) groups is 1. The van der Waals surface area contributed by atoms with E-state index in [9.17, 15) is 4.79 Å². The molecular formula is C13H24N4O. The third-order valence-electron chi connectivity index (χ3n) is 2.66. The van der Waals surface area contributed by atoms with Crippen molar-refractivity contribution in [1.82, 2.24) is 20.0 Å². The van der Waals surface area contributed by atoms with Gasteiger partial charge in [0, 0.05) is 25.3 Å². The number of carbonyl (C=O) groups excluding carboxylic acids is 1. The zero-order valence-electron chi connectivity index (χ0n) is 12.0. The summed E-state index contributed by atoms with van der Waals surface area (Å²) in [6.45, 7) is 7.82. The molecule has 18 heavy (non-hydrogen) atoms. The largest absolute Gasteiger partial charge is 0.350 e. The molecule has 1 aromatic rings. The van der Waals surface area contributed by atoms with Gasteiger partial charge >= 0.3 is 0 Å². The molecule has 5 nitrogen and oxygen atoms in total. The molecule has 0 aromatic carbocycles. The van der Waals surface area contributed by atoms with E-state index in [-0.39, 0.29) is 11.9 Å². The van der Waals surface area contributed by atoms with Gasteiger partial charge in [-0.15, -0.1) is 0 Å². The average molecular weight is 252 g/mol. The molecule has 1 unspecified atom stereocenters. The summed E-state index contributed by atoms with van der Waals surface area (Å²) < 4.78 is 1.79. The van der Waals surface area contributed by atoms with Gasteiger partial charge in [-0.2, -0.15) is 5.10 Å². The van der Waals surface area contributed by atoms with E-state index >= 15 is 0 Å². The number of rotatable bonds is 6. The molecule has 0 bridgehead atoms. The second kappa shape index (κ2) is 6.54. The summed E-state index contributed by atoms with van der Waals surface area (Å²) in [6, 6.07) is 2.03. The summed E-state index contributed by atoms with van der Waals surface area (Å²) in [7, 11) is 4.06. The normalized spacial score (nSPS) is 13.1. The molecule has 0 aliphatic heterocycles. The zero-order chi connectivity index (χ0) is 13.7. The van der Waals surface area contributed by atoms with E-state index in [4.69, 9.17) is 0 Å². The molecule has 1 N–H and O–H groups in total. The lowest BCUT2D eigenvalue weighted by atomic mass is 10.1. The van der Waals surface area contributed by atoms with Crippen LogP contribution in [0.3, 0.4) is 0 Å². The van der Waals surface area contributed by atoms with E-state index in [1.807, 2.05) is 34.1 Å². The summed E-state index contributed by atoms with van der Waals surface area (Å²) in [5.41, 5.74) is 0.487. The summed E-state index contributed by atoms with van der Waals surface area (Å²) in [6.07, 6.45) is 1.84. The zero-order valence-corrected chi connectivity index (χ0v) is 12.0. The van der Waals surface area contributed by atoms with E-state index < -0.39 is 0 Å². The maximum absolute atomic E-state index is 11.9. The van der Waals surface area contributed by atoms with Gasteiger partial charge in [0.25, 0.3) is 5.91 Å². The van der Waals surface area contributed by atoms with Crippen LogP contribution in [0.4, 0.5) is 0 Å². The van der Waals surface area contributed by atoms with Crippen LogP contribution in [-0.2, 0) is 0 Å². The molecule has 0 fully saturated rings. The first-order valence-corrected chi connectivity index (χ1v) is 6.38. The van der Waals surface area contributed by atoms with Crippen LogP contribution in [-0.4, -0.2) is 47.8 Å². The van der Waals surface area contributed by atoms with Crippen molar-refractivity contribution < 1.29 is 4.79 Å². The fourth-order valence-corrected chi connectivity index (χ4v) is 1.79. The van der Waals surface area contributed by atoms with E-state index in [2.05, 4.69) is 22.2 Å². The Morgan fingerprint density at radius 2 is 2.11 bits per heavy atom. The quantitative estimate of drug-likeness (QED) is 0.832. The minimum Gasteiger partial charge on any atom is -0.350 e. The van der Waals surface area contributed by atoms with Crippen LogP contribution in [0.2, 0.25) is 0 Å². The molecule has 0 saturated heterocycles. The predicted molar refractivity (Wildman–Crippen MR) is 72.7 cm³/mol. The second-order valence-corrected chi connectivity index (χ2v) is 5.35. The van der Waals surface area contributed by atoms with Crippen molar-refractivity contribution in [2.24, 2.45) is 5.92 Å². The van der Waals surface area contributed by atoms with E-state index in [1.54, 1.807) is 10.7 Å². The maximum atomic E-state index is 11.9. The summed E-state index contributed by atoms with van der Waals surface area (Å²) in [5, 5.41) is 7.16. The second-order valence-electron chi connectivity index (χ2n) is 5.35. The summed E-state index contributed by atoms with van der Waals surface area (Å²) >= 11 is 0. The molecule has 1 heterocycles. The van der Waals surface area contributed by atoms with Gasteiger partial charge < -0.3 is 10.2 Å². The summed E-state index contributed by atoms with van der Waals surface area (Å²) in [5.74, 6) is 0.330. The number of nitrogens with zero attached hydrogens (tertiary/aromatic N) is 3. The molecule has 5 heteroatoms. The SMILES string of the molecule is CC(CNC(=O)c1ccn(C(C)C)n1)CN(C)C. The molecule has 1 atom stereocenters. The van der Waals surface area contributed by atoms with Crippen LogP contribution < -0.4 is 5.32 Å². The predicted octanol–water partition coefficient (Wildman–Crippen LogP) is 1.39. The van der Waals surface area contributed by atoms with E-state index in [1.165, 1.54) is 0 Å². The van der Waals surface area contributed by atoms with Crippen molar-refractivity contribution >= 4 is 5.91 Å². The van der Waals surface area contributed by atoms with Gasteiger partial charge in [-0.25, -0.2) is 0 Å². The Morgan fingerprint density at radius 1 is 1.44 bits per heavy atom. The smallest absolute Gasteiger partial charge is 0.271 e. The van der Waals surface area contributed by atoms with Gasteiger partial charge in [-0.1, -0.05) is 6.92 Å². The average Bonchev–Trinajstić information content (AvgIpc) is 2.74. The van der Waals surface area contributed by atoms with Gasteiger partial charge in [0.2, 0.25) is 0 Å². The monoisotopic (exact) mass is 252 g/mol. The third kappa shape index (κ3) is 4.49. The maximum Gasteiger partial charge on any atom is 0.271 e. The van der Waals surface area contributed by atoms with Gasteiger partial charge in [-0.3, -0.25) is 9.48 Å². The standard InChI is InChI=1S/C13H24N4O/c1-10(2)17-7-6-12(15-17)13(18)14-8-11(3)9-16(4)5/h6-7,10-11H,8-9H2,1-5H3,(H,14,18). The van der Waals surface area contributed by atoms with Crippen LogP contribution in [0.25, 0.3) is 0 Å². The number of nitrogens with one attached hydrogen (secondary N) is 1. The number of aromatic nitrogens is 2. The molecule has 0 aliphatic carbocycles. The van der Waals surface area contributed by atoms with Gasteiger partial charge in [0.15, 0.2) is 0 Å². The van der Waals surface area contributed by atoms with Crippen molar-refractivity contribution in [2.75, 3.05) is 27.2 Å². The van der Waals surface area contributed by atoms with Crippen LogP contribution in [0.1, 0.15) is 37.3 Å². The Balaban J connectivity index is 2.45. The topological polar surface area (TPSA) is 50.2 Å². The highest BCUT2D eigenvalue weighted by Gasteiger charge is 2.12. The molecular weight excluding hydrogens is 228 g/mol. The van der Waals surface area contributed by atoms with Gasteiger partial charge in [-0.05, 0) is 39.9 Å². The lowest BCUT2D eigenvalue weighted by molar-refractivity contribution is 0.0940. The number of amides is 1. The van der Waals surface area contributed by atoms with E-state index in [0.717, 1.165) is 6.54 Å². The van der Waals surface area contributed by atoms with Crippen molar-refractivity contribution in [2.45, 2.75) is 26.8 Å². The number of hydrogen-bond acceptors (Lipinski definition) is 3. The molecule has 1 rings (SSSR count). The highest BCUT2D eigenvalue weighted by atomic mass is 16.1. The Labute approximate surface area is 109 Å². The summed E-state index contributed by atoms with van der Waals surface area (Å²) in [4.78, 5) is 14.0. The number of hydrogen-bond donors (Lipinski definition) is 1. The minimum absolute atomic E-state index is 0.0972. The van der Waals surface area contributed by atoms with Crippen LogP contribution in [0.5, 0.6) is 0 Å². The molecule has 1 aromatic heterocycles. The third-order valence-corrected chi connectivity index (χ3v) is 2.66. The highest BCUT2D eigenvalue weighted by Crippen LogP contribution is 2.04. The minimum atomic E-state index is -0.0972. The van der Waals surface area contributed by atoms with E-state index in [0.29, 0.717) is 18.2 Å². The first kappa shape index (κ1) is 14.7. The molecule has 0 spiro atoms. The van der Waals surface area contributed by atoms with Crippen molar-refractivity contribution in [3.63, 3.8) is 0 Å². The Hall–Kier alpha value is -1.36. The van der Waals surface area contributed by atoms with Gasteiger partial charge in [0.05, 0.1) is 0 Å². The molecule has 1 amide bonds. The van der Waals surface area contributed by atoms with Crippen molar-refractivity contribution in [1.29, 1.82) is 0 Å². The fourth-order valence-electron chi connectivity index (χ4n) is 1.79. The lowest BCUT2D eigenvalue weighted by Gasteiger charge is -2.16. The Bertz CT molecular complexity index is 384. The molecule has 0 radical (unpaired) electrons. The van der Waals surface area contributed by atoms with Crippen LogP contribution >= 0.6 is 0 Å². The highest BCUT2D eigenvalue weighted by molar-refractivity contribution is 5.92. The molecule has 0 saturated carbocycles. The first-order chi connectivity index (χ1) is 8.40. The Kier molecular flexibility index (Phi) is 5.34.